The number of carbonyl (C=O) groups is 2. The summed E-state index contributed by atoms with van der Waals surface area (Å²) in [6, 6.07) is 11.5. The number of piperidine rings is 1. The van der Waals surface area contributed by atoms with Gasteiger partial charge in [0.2, 0.25) is 0 Å². The third kappa shape index (κ3) is 3.09. The molecule has 3 aromatic rings. The predicted octanol–water partition coefficient (Wildman–Crippen LogP) is 4.78. The number of hydrogen-bond acceptors (Lipinski definition) is 4. The Kier molecular flexibility index (Phi) is 4.71. The van der Waals surface area contributed by atoms with Crippen LogP contribution in [0.4, 0.5) is 4.79 Å². The molecular formula is C26H25N3O4. The monoisotopic (exact) mass is 443 g/mol. The summed E-state index contributed by atoms with van der Waals surface area (Å²) < 4.78 is 5.76. The summed E-state index contributed by atoms with van der Waals surface area (Å²) >= 11 is 0. The van der Waals surface area contributed by atoms with Crippen LogP contribution >= 0.6 is 0 Å². The number of amides is 1. The van der Waals surface area contributed by atoms with E-state index in [1.165, 1.54) is 4.90 Å². The van der Waals surface area contributed by atoms with Gasteiger partial charge in [-0.15, -0.1) is 0 Å². The third-order valence-electron chi connectivity index (χ3n) is 7.27. The molecule has 1 aliphatic heterocycles. The van der Waals surface area contributed by atoms with Crippen molar-refractivity contribution in [2.75, 3.05) is 20.2 Å². The van der Waals surface area contributed by atoms with Crippen molar-refractivity contribution >= 4 is 22.8 Å². The smallest absolute Gasteiger partial charge is 0.407 e. The van der Waals surface area contributed by atoms with Gasteiger partial charge in [-0.25, -0.2) is 4.79 Å². The van der Waals surface area contributed by atoms with Crippen molar-refractivity contribution in [2.45, 2.75) is 38.0 Å². The van der Waals surface area contributed by atoms with Crippen LogP contribution in [0.25, 0.3) is 10.9 Å². The molecule has 0 unspecified atom stereocenters. The predicted molar refractivity (Wildman–Crippen MR) is 123 cm³/mol. The number of ketones is 1. The van der Waals surface area contributed by atoms with Gasteiger partial charge < -0.3 is 19.7 Å². The molecule has 5 rings (SSSR count). The highest BCUT2D eigenvalue weighted by atomic mass is 16.5. The van der Waals surface area contributed by atoms with E-state index in [4.69, 9.17) is 4.74 Å². The van der Waals surface area contributed by atoms with Crippen LogP contribution in [0, 0.1) is 11.3 Å². The minimum absolute atomic E-state index is 0.0397. The Morgan fingerprint density at radius 2 is 1.97 bits per heavy atom. The molecule has 2 aromatic carbocycles. The van der Waals surface area contributed by atoms with E-state index in [1.807, 2.05) is 18.2 Å². The Morgan fingerprint density at radius 3 is 2.61 bits per heavy atom. The van der Waals surface area contributed by atoms with E-state index in [1.54, 1.807) is 19.2 Å². The number of carboxylic acid groups (broad SMARTS) is 1. The molecule has 7 nitrogen and oxygen atoms in total. The summed E-state index contributed by atoms with van der Waals surface area (Å²) in [5.41, 5.74) is 4.87. The van der Waals surface area contributed by atoms with Gasteiger partial charge in [0.15, 0.2) is 5.78 Å². The topological polar surface area (TPSA) is 106 Å². The molecule has 7 heteroatoms. The maximum Gasteiger partial charge on any atom is 0.407 e. The van der Waals surface area contributed by atoms with Crippen molar-refractivity contribution in [3.8, 4) is 11.8 Å². The van der Waals surface area contributed by atoms with Gasteiger partial charge in [0.1, 0.15) is 5.75 Å². The minimum atomic E-state index is -0.894. The van der Waals surface area contributed by atoms with Crippen molar-refractivity contribution < 1.29 is 19.4 Å². The SMILES string of the molecule is COc1cc2c(cc1C1CCN(C(=O)O)CC1)C(=O)c1c([nH]c3cc(C#N)ccc13)C2(C)C. The van der Waals surface area contributed by atoms with E-state index in [0.717, 1.165) is 33.5 Å². The molecule has 2 heterocycles. The second-order valence-electron chi connectivity index (χ2n) is 9.38. The van der Waals surface area contributed by atoms with Crippen molar-refractivity contribution in [3.05, 3.63) is 63.8 Å². The number of likely N-dealkylation sites (tertiary alicyclic amines) is 1. The lowest BCUT2D eigenvalue weighted by atomic mass is 9.70. The number of benzene rings is 2. The molecule has 1 amide bonds. The van der Waals surface area contributed by atoms with Crippen molar-refractivity contribution in [1.82, 2.24) is 9.88 Å². The summed E-state index contributed by atoms with van der Waals surface area (Å²) in [6.45, 7) is 5.10. The Balaban J connectivity index is 1.64. The second-order valence-corrected chi connectivity index (χ2v) is 9.38. The number of rotatable bonds is 2. The summed E-state index contributed by atoms with van der Waals surface area (Å²) in [5, 5.41) is 19.4. The average Bonchev–Trinajstić information content (AvgIpc) is 3.22. The minimum Gasteiger partial charge on any atom is -0.496 e. The van der Waals surface area contributed by atoms with E-state index < -0.39 is 11.5 Å². The number of nitriles is 1. The molecule has 0 radical (unpaired) electrons. The first-order chi connectivity index (χ1) is 15.8. The zero-order valence-corrected chi connectivity index (χ0v) is 18.9. The van der Waals surface area contributed by atoms with E-state index in [0.29, 0.717) is 42.6 Å². The van der Waals surface area contributed by atoms with Gasteiger partial charge in [-0.05, 0) is 54.2 Å². The van der Waals surface area contributed by atoms with Crippen LogP contribution in [0.5, 0.6) is 5.75 Å². The lowest BCUT2D eigenvalue weighted by Crippen LogP contribution is -2.37. The van der Waals surface area contributed by atoms with E-state index in [9.17, 15) is 20.0 Å². The number of aromatic nitrogens is 1. The number of H-pyrrole nitrogens is 1. The van der Waals surface area contributed by atoms with Crippen LogP contribution < -0.4 is 4.74 Å². The summed E-state index contributed by atoms with van der Waals surface area (Å²) in [7, 11) is 1.63. The number of nitrogens with zero attached hydrogens (tertiary/aromatic N) is 2. The molecule has 0 bridgehead atoms. The number of nitrogens with one attached hydrogen (secondary N) is 1. The first kappa shape index (κ1) is 21.1. The molecule has 168 valence electrons. The fourth-order valence-electron chi connectivity index (χ4n) is 5.42. The molecule has 1 saturated heterocycles. The standard InChI is InChI=1S/C26H25N3O4/c1-26(2)19-12-21(33-3)17(15-6-8-29(9-7-15)25(31)32)11-18(19)23(30)22-16-5-4-14(13-27)10-20(16)28-24(22)26/h4-5,10-12,15,28H,6-9H2,1-3H3,(H,31,32). The summed E-state index contributed by atoms with van der Waals surface area (Å²) in [4.78, 5) is 29.9. The number of aromatic amines is 1. The maximum atomic E-state index is 13.8. The molecule has 1 aliphatic carbocycles. The zero-order valence-electron chi connectivity index (χ0n) is 18.9. The molecule has 2 aliphatic rings. The largest absolute Gasteiger partial charge is 0.496 e. The quantitative estimate of drug-likeness (QED) is 0.593. The molecule has 2 N–H and O–H groups in total. The zero-order chi connectivity index (χ0) is 23.5. The highest BCUT2D eigenvalue weighted by molar-refractivity contribution is 6.20. The Labute approximate surface area is 191 Å². The Bertz CT molecular complexity index is 1350. The second kappa shape index (κ2) is 7.38. The third-order valence-corrected chi connectivity index (χ3v) is 7.27. The fraction of sp³-hybridized carbons (Fsp3) is 0.346. The Morgan fingerprint density at radius 1 is 1.24 bits per heavy atom. The molecule has 0 atom stereocenters. The average molecular weight is 444 g/mol. The molecule has 0 saturated carbocycles. The van der Waals surface area contributed by atoms with Crippen LogP contribution in [0.15, 0.2) is 30.3 Å². The van der Waals surface area contributed by atoms with Gasteiger partial charge >= 0.3 is 6.09 Å². The highest BCUT2D eigenvalue weighted by Crippen LogP contribution is 2.47. The van der Waals surface area contributed by atoms with Crippen LogP contribution in [0.1, 0.15) is 70.9 Å². The number of methoxy groups -OCH3 is 1. The maximum absolute atomic E-state index is 13.8. The number of fused-ring (bicyclic) bond motifs is 4. The molecule has 33 heavy (non-hydrogen) atoms. The van der Waals surface area contributed by atoms with E-state index in [2.05, 4.69) is 24.9 Å². The van der Waals surface area contributed by atoms with Crippen LogP contribution in [0.2, 0.25) is 0 Å². The summed E-state index contributed by atoms with van der Waals surface area (Å²) in [6.07, 6.45) is 0.483. The van der Waals surface area contributed by atoms with Crippen molar-refractivity contribution in [1.29, 1.82) is 5.26 Å². The highest BCUT2D eigenvalue weighted by Gasteiger charge is 2.41. The van der Waals surface area contributed by atoms with E-state index in [-0.39, 0.29) is 11.7 Å². The molecular weight excluding hydrogens is 418 g/mol. The van der Waals surface area contributed by atoms with Gasteiger partial charge in [-0.2, -0.15) is 5.26 Å². The van der Waals surface area contributed by atoms with Crippen molar-refractivity contribution in [3.63, 3.8) is 0 Å². The number of carbonyl (C=O) groups excluding carboxylic acids is 1. The fourth-order valence-corrected chi connectivity index (χ4v) is 5.42. The van der Waals surface area contributed by atoms with Crippen LogP contribution in [-0.2, 0) is 5.41 Å². The van der Waals surface area contributed by atoms with Crippen LogP contribution in [0.3, 0.4) is 0 Å². The molecule has 1 fully saturated rings. The van der Waals surface area contributed by atoms with Gasteiger partial charge in [-0.3, -0.25) is 4.79 Å². The van der Waals surface area contributed by atoms with Gasteiger partial charge in [0.05, 0.1) is 24.3 Å². The lowest BCUT2D eigenvalue weighted by Gasteiger charge is -2.35. The van der Waals surface area contributed by atoms with Gasteiger partial charge in [-0.1, -0.05) is 19.9 Å². The Hall–Kier alpha value is -3.79. The normalized spacial score (nSPS) is 17.4. The lowest BCUT2D eigenvalue weighted by molar-refractivity contribution is 0.103. The van der Waals surface area contributed by atoms with Crippen molar-refractivity contribution in [2.24, 2.45) is 0 Å². The van der Waals surface area contributed by atoms with Gasteiger partial charge in [0, 0.05) is 40.7 Å². The first-order valence-electron chi connectivity index (χ1n) is 11.1. The van der Waals surface area contributed by atoms with E-state index >= 15 is 0 Å². The number of ether oxygens (including phenoxy) is 1. The van der Waals surface area contributed by atoms with Gasteiger partial charge in [0.25, 0.3) is 0 Å². The molecule has 1 aromatic heterocycles. The first-order valence-corrected chi connectivity index (χ1v) is 11.1. The summed E-state index contributed by atoms with van der Waals surface area (Å²) in [5.74, 6) is 0.816. The number of hydrogen-bond donors (Lipinski definition) is 2. The van der Waals surface area contributed by atoms with Crippen LogP contribution in [-0.4, -0.2) is 47.1 Å². The molecule has 0 spiro atoms.